The number of aromatic nitrogens is 2. The van der Waals surface area contributed by atoms with Crippen molar-refractivity contribution in [1.29, 1.82) is 0 Å². The zero-order valence-corrected chi connectivity index (χ0v) is 13.1. The van der Waals surface area contributed by atoms with Gasteiger partial charge in [-0.2, -0.15) is 18.2 Å². The molecule has 5 nitrogen and oxygen atoms in total. The highest BCUT2D eigenvalue weighted by Crippen LogP contribution is 2.36. The Bertz CT molecular complexity index is 935. The molecule has 1 aliphatic carbocycles. The monoisotopic (exact) mass is 348 g/mol. The minimum atomic E-state index is -4.56. The van der Waals surface area contributed by atoms with Crippen molar-refractivity contribution in [2.75, 3.05) is 11.1 Å². The van der Waals surface area contributed by atoms with Gasteiger partial charge in [0.1, 0.15) is 17.0 Å². The number of nitrogens with two attached hydrogens (primary N) is 1. The van der Waals surface area contributed by atoms with Crippen molar-refractivity contribution >= 4 is 22.7 Å². The number of nitrogen functional groups attached to an aromatic ring is 1. The van der Waals surface area contributed by atoms with Gasteiger partial charge in [0.05, 0.1) is 12.3 Å². The molecule has 3 N–H and O–H groups in total. The Morgan fingerprint density at radius 3 is 2.88 bits per heavy atom. The molecule has 1 atom stereocenters. The number of hydrogen-bond donors (Lipinski definition) is 2. The number of halogens is 3. The maximum Gasteiger partial charge on any atom is 0.421 e. The highest BCUT2D eigenvalue weighted by Gasteiger charge is 2.34. The van der Waals surface area contributed by atoms with E-state index in [1.165, 1.54) is 0 Å². The predicted octanol–water partition coefficient (Wildman–Crippen LogP) is 4.31. The summed E-state index contributed by atoms with van der Waals surface area (Å²) in [5.74, 6) is -0.484. The van der Waals surface area contributed by atoms with Gasteiger partial charge in [-0.05, 0) is 48.6 Å². The van der Waals surface area contributed by atoms with Crippen LogP contribution in [-0.2, 0) is 12.6 Å². The van der Waals surface area contributed by atoms with Crippen LogP contribution in [0, 0.1) is 0 Å². The van der Waals surface area contributed by atoms with Crippen molar-refractivity contribution in [2.45, 2.75) is 31.5 Å². The first-order chi connectivity index (χ1) is 11.9. The molecule has 0 radical (unpaired) electrons. The van der Waals surface area contributed by atoms with Gasteiger partial charge in [0.25, 0.3) is 0 Å². The molecule has 0 fully saturated rings. The number of anilines is 2. The summed E-state index contributed by atoms with van der Waals surface area (Å²) in [5, 5.41) is 4.10. The highest BCUT2D eigenvalue weighted by molar-refractivity contribution is 5.79. The summed E-state index contributed by atoms with van der Waals surface area (Å²) in [6.45, 7) is 0. The third kappa shape index (κ3) is 2.88. The van der Waals surface area contributed by atoms with E-state index in [4.69, 9.17) is 10.2 Å². The third-order valence-electron chi connectivity index (χ3n) is 4.46. The number of fused-ring (bicyclic) bond motifs is 2. The molecule has 0 spiro atoms. The first-order valence-electron chi connectivity index (χ1n) is 7.88. The van der Waals surface area contributed by atoms with Crippen molar-refractivity contribution in [2.24, 2.45) is 0 Å². The molecule has 4 rings (SSSR count). The average Bonchev–Trinajstić information content (AvgIpc) is 2.99. The number of furan rings is 1. The van der Waals surface area contributed by atoms with Crippen LogP contribution in [0.25, 0.3) is 11.0 Å². The number of benzene rings is 1. The maximum atomic E-state index is 12.8. The Balaban J connectivity index is 1.65. The van der Waals surface area contributed by atoms with Crippen molar-refractivity contribution in [3.63, 3.8) is 0 Å². The smallest absolute Gasteiger partial charge is 0.421 e. The minimum absolute atomic E-state index is 0.0841. The van der Waals surface area contributed by atoms with Crippen molar-refractivity contribution < 1.29 is 17.6 Å². The summed E-state index contributed by atoms with van der Waals surface area (Å²) >= 11 is 0. The lowest BCUT2D eigenvalue weighted by Crippen LogP contribution is -2.20. The number of hydrogen-bond acceptors (Lipinski definition) is 5. The van der Waals surface area contributed by atoms with Crippen LogP contribution in [0.2, 0.25) is 0 Å². The molecule has 2 heterocycles. The second-order valence-corrected chi connectivity index (χ2v) is 6.09. The van der Waals surface area contributed by atoms with Gasteiger partial charge in [0.15, 0.2) is 0 Å². The Morgan fingerprint density at radius 1 is 1.28 bits per heavy atom. The lowest BCUT2D eigenvalue weighted by atomic mass is 9.87. The van der Waals surface area contributed by atoms with E-state index < -0.39 is 17.6 Å². The van der Waals surface area contributed by atoms with Crippen LogP contribution in [0.1, 0.15) is 35.6 Å². The number of nitrogens with zero attached hydrogens (tertiary/aromatic N) is 2. The van der Waals surface area contributed by atoms with Crippen LogP contribution in [-0.4, -0.2) is 9.97 Å². The van der Waals surface area contributed by atoms with Crippen LogP contribution < -0.4 is 11.1 Å². The molecule has 1 aliphatic rings. The van der Waals surface area contributed by atoms with Crippen LogP contribution in [0.3, 0.4) is 0 Å². The van der Waals surface area contributed by atoms with Crippen LogP contribution >= 0.6 is 0 Å². The molecule has 0 aliphatic heterocycles. The van der Waals surface area contributed by atoms with E-state index in [9.17, 15) is 13.2 Å². The van der Waals surface area contributed by atoms with Crippen LogP contribution in [0.4, 0.5) is 24.9 Å². The van der Waals surface area contributed by atoms with Crippen LogP contribution in [0.15, 0.2) is 35.1 Å². The molecule has 25 heavy (non-hydrogen) atoms. The largest absolute Gasteiger partial charge is 0.464 e. The average molecular weight is 348 g/mol. The molecule has 0 unspecified atom stereocenters. The second kappa shape index (κ2) is 5.65. The van der Waals surface area contributed by atoms with E-state index in [0.29, 0.717) is 6.20 Å². The molecule has 3 aromatic rings. The van der Waals surface area contributed by atoms with Gasteiger partial charge in [-0.15, -0.1) is 0 Å². The normalized spacial score (nSPS) is 17.5. The van der Waals surface area contributed by atoms with Crippen molar-refractivity contribution in [3.8, 4) is 0 Å². The lowest BCUT2D eigenvalue weighted by molar-refractivity contribution is -0.137. The first kappa shape index (κ1) is 15.7. The van der Waals surface area contributed by atoms with Gasteiger partial charge >= 0.3 is 6.18 Å². The van der Waals surface area contributed by atoms with E-state index >= 15 is 0 Å². The van der Waals surface area contributed by atoms with E-state index in [1.807, 2.05) is 18.2 Å². The standard InChI is InChI=1S/C17H15F3N4O/c18-17(19,20)12-8-22-16(24-15(12)21)23-13-3-1-2-9-7-14-10(4-5-25-14)6-11(9)13/h4-8,13H,1-3H2,(H3,21,22,23,24)/t13-/m1/s1. The number of aryl methyl sites for hydroxylation is 1. The minimum Gasteiger partial charge on any atom is -0.464 e. The van der Waals surface area contributed by atoms with Gasteiger partial charge in [0, 0.05) is 11.6 Å². The molecule has 130 valence electrons. The summed E-state index contributed by atoms with van der Waals surface area (Å²) in [5.41, 5.74) is 7.49. The van der Waals surface area contributed by atoms with E-state index in [2.05, 4.69) is 15.3 Å². The highest BCUT2D eigenvalue weighted by atomic mass is 19.4. The van der Waals surface area contributed by atoms with Gasteiger partial charge < -0.3 is 15.5 Å². The van der Waals surface area contributed by atoms with E-state index in [0.717, 1.165) is 41.4 Å². The summed E-state index contributed by atoms with van der Waals surface area (Å²) in [6.07, 6.45) is 0.507. The van der Waals surface area contributed by atoms with Gasteiger partial charge in [-0.1, -0.05) is 0 Å². The zero-order chi connectivity index (χ0) is 17.6. The third-order valence-corrected chi connectivity index (χ3v) is 4.46. The quantitative estimate of drug-likeness (QED) is 0.721. The van der Waals surface area contributed by atoms with Gasteiger partial charge in [0.2, 0.25) is 5.95 Å². The Hall–Kier alpha value is -2.77. The summed E-state index contributed by atoms with van der Waals surface area (Å²) in [6, 6.07) is 5.85. The lowest BCUT2D eigenvalue weighted by Gasteiger charge is -2.26. The molecule has 2 aromatic heterocycles. The fraction of sp³-hybridized carbons (Fsp3) is 0.294. The van der Waals surface area contributed by atoms with Crippen molar-refractivity contribution in [3.05, 3.63) is 47.3 Å². The molecule has 0 saturated carbocycles. The second-order valence-electron chi connectivity index (χ2n) is 6.09. The molecular formula is C17H15F3N4O. The number of alkyl halides is 3. The Labute approximate surface area is 141 Å². The van der Waals surface area contributed by atoms with E-state index in [1.54, 1.807) is 6.26 Å². The fourth-order valence-electron chi connectivity index (χ4n) is 3.25. The topological polar surface area (TPSA) is 77.0 Å². The SMILES string of the molecule is Nc1nc(N[C@@H]2CCCc3cc4occc4cc32)ncc1C(F)(F)F. The molecular weight excluding hydrogens is 333 g/mol. The fourth-order valence-corrected chi connectivity index (χ4v) is 3.25. The number of nitrogens with one attached hydrogen (secondary N) is 1. The summed E-state index contributed by atoms with van der Waals surface area (Å²) in [4.78, 5) is 7.56. The van der Waals surface area contributed by atoms with Gasteiger partial charge in [-0.25, -0.2) is 4.98 Å². The van der Waals surface area contributed by atoms with Gasteiger partial charge in [-0.3, -0.25) is 0 Å². The zero-order valence-electron chi connectivity index (χ0n) is 13.1. The summed E-state index contributed by atoms with van der Waals surface area (Å²) < 4.78 is 43.7. The molecule has 1 aromatic carbocycles. The summed E-state index contributed by atoms with van der Waals surface area (Å²) in [7, 11) is 0. The molecule has 0 bridgehead atoms. The Morgan fingerprint density at radius 2 is 2.12 bits per heavy atom. The maximum absolute atomic E-state index is 12.8. The van der Waals surface area contributed by atoms with Crippen LogP contribution in [0.5, 0.6) is 0 Å². The number of rotatable bonds is 2. The Kier molecular flexibility index (Phi) is 3.55. The van der Waals surface area contributed by atoms with Crippen molar-refractivity contribution in [1.82, 2.24) is 9.97 Å². The molecule has 0 amide bonds. The molecule has 8 heteroatoms. The molecule has 0 saturated heterocycles. The first-order valence-corrected chi connectivity index (χ1v) is 7.88. The predicted molar refractivity (Wildman–Crippen MR) is 87.0 cm³/mol. The van der Waals surface area contributed by atoms with E-state index in [-0.39, 0.29) is 12.0 Å².